The van der Waals surface area contributed by atoms with Gasteiger partial charge in [-0.1, -0.05) is 0 Å². The van der Waals surface area contributed by atoms with Crippen LogP contribution in [0.3, 0.4) is 0 Å². The summed E-state index contributed by atoms with van der Waals surface area (Å²) < 4.78 is 7.18. The monoisotopic (exact) mass is 333 g/mol. The molecular weight excluding hydrogens is 314 g/mol. The fraction of sp³-hybridized carbons (Fsp3) is 0.438. The standard InChI is InChI=1S/C16H19N3O3S/c1-11(2)22-6-3-5-18-14(20)10-19-9-12(8-17)13-4-7-23-15(13)16(19)21/h4,7,9,11H,3,5-6,10H2,1-2H3,(H,18,20). The summed E-state index contributed by atoms with van der Waals surface area (Å²) in [6.07, 6.45) is 2.33. The number of ether oxygens (including phenoxy) is 1. The molecule has 23 heavy (non-hydrogen) atoms. The summed E-state index contributed by atoms with van der Waals surface area (Å²) in [5, 5.41) is 14.3. The molecule has 0 aliphatic carbocycles. The van der Waals surface area contributed by atoms with E-state index in [9.17, 15) is 14.9 Å². The minimum Gasteiger partial charge on any atom is -0.379 e. The van der Waals surface area contributed by atoms with Gasteiger partial charge in [0.05, 0.1) is 11.7 Å². The highest BCUT2D eigenvalue weighted by atomic mass is 32.1. The number of carbonyl (C=O) groups is 1. The van der Waals surface area contributed by atoms with Crippen molar-refractivity contribution in [2.24, 2.45) is 0 Å². The number of nitrogens with one attached hydrogen (secondary N) is 1. The zero-order chi connectivity index (χ0) is 16.8. The fourth-order valence-electron chi connectivity index (χ4n) is 2.14. The van der Waals surface area contributed by atoms with E-state index in [2.05, 4.69) is 11.4 Å². The smallest absolute Gasteiger partial charge is 0.269 e. The number of hydrogen-bond acceptors (Lipinski definition) is 5. The molecule has 0 fully saturated rings. The van der Waals surface area contributed by atoms with E-state index in [4.69, 9.17) is 4.74 Å². The van der Waals surface area contributed by atoms with Crippen molar-refractivity contribution in [2.75, 3.05) is 13.2 Å². The molecule has 0 radical (unpaired) electrons. The number of amides is 1. The Morgan fingerprint density at radius 3 is 3.00 bits per heavy atom. The average Bonchev–Trinajstić information content (AvgIpc) is 2.99. The second-order valence-corrected chi connectivity index (χ2v) is 6.29. The van der Waals surface area contributed by atoms with Gasteiger partial charge in [-0.2, -0.15) is 5.26 Å². The molecule has 122 valence electrons. The third kappa shape index (κ3) is 4.41. The van der Waals surface area contributed by atoms with E-state index in [0.717, 1.165) is 0 Å². The van der Waals surface area contributed by atoms with E-state index in [-0.39, 0.29) is 24.1 Å². The number of rotatable bonds is 7. The highest BCUT2D eigenvalue weighted by Gasteiger charge is 2.12. The van der Waals surface area contributed by atoms with Gasteiger partial charge in [0, 0.05) is 24.7 Å². The lowest BCUT2D eigenvalue weighted by atomic mass is 10.2. The summed E-state index contributed by atoms with van der Waals surface area (Å²) in [4.78, 5) is 24.3. The predicted octanol–water partition coefficient (Wildman–Crippen LogP) is 1.87. The molecule has 1 N–H and O–H groups in total. The zero-order valence-corrected chi connectivity index (χ0v) is 14.0. The van der Waals surface area contributed by atoms with Crippen LogP contribution in [0.15, 0.2) is 22.4 Å². The van der Waals surface area contributed by atoms with Gasteiger partial charge in [0.2, 0.25) is 5.91 Å². The average molecular weight is 333 g/mol. The first-order chi connectivity index (χ1) is 11.0. The van der Waals surface area contributed by atoms with Crippen LogP contribution in [0.2, 0.25) is 0 Å². The lowest BCUT2D eigenvalue weighted by Gasteiger charge is -2.09. The largest absolute Gasteiger partial charge is 0.379 e. The fourth-order valence-corrected chi connectivity index (χ4v) is 3.00. The Morgan fingerprint density at radius 1 is 1.52 bits per heavy atom. The van der Waals surface area contributed by atoms with Gasteiger partial charge in [0.25, 0.3) is 5.56 Å². The molecule has 2 heterocycles. The Balaban J connectivity index is 1.99. The van der Waals surface area contributed by atoms with E-state index < -0.39 is 0 Å². The van der Waals surface area contributed by atoms with Crippen molar-refractivity contribution in [1.82, 2.24) is 9.88 Å². The normalized spacial score (nSPS) is 10.9. The van der Waals surface area contributed by atoms with Crippen LogP contribution < -0.4 is 10.9 Å². The molecule has 2 rings (SSSR count). The van der Waals surface area contributed by atoms with Crippen LogP contribution in [-0.2, 0) is 16.1 Å². The number of pyridine rings is 1. The maximum absolute atomic E-state index is 12.3. The molecule has 2 aromatic heterocycles. The van der Waals surface area contributed by atoms with Gasteiger partial charge in [0.15, 0.2) is 0 Å². The topological polar surface area (TPSA) is 84.1 Å². The van der Waals surface area contributed by atoms with Gasteiger partial charge < -0.3 is 14.6 Å². The van der Waals surface area contributed by atoms with Crippen molar-refractivity contribution in [1.29, 1.82) is 5.26 Å². The van der Waals surface area contributed by atoms with E-state index in [0.29, 0.717) is 35.2 Å². The highest BCUT2D eigenvalue weighted by molar-refractivity contribution is 7.17. The summed E-state index contributed by atoms with van der Waals surface area (Å²) in [7, 11) is 0. The lowest BCUT2D eigenvalue weighted by Crippen LogP contribution is -2.33. The predicted molar refractivity (Wildman–Crippen MR) is 89.5 cm³/mol. The number of fused-ring (bicyclic) bond motifs is 1. The first kappa shape index (κ1) is 17.2. The first-order valence-corrected chi connectivity index (χ1v) is 8.30. The minimum absolute atomic E-state index is 0.0909. The van der Waals surface area contributed by atoms with Gasteiger partial charge in [0.1, 0.15) is 17.3 Å². The molecule has 0 atom stereocenters. The summed E-state index contributed by atoms with van der Waals surface area (Å²) in [6, 6.07) is 3.82. The van der Waals surface area contributed by atoms with Crippen LogP contribution in [-0.4, -0.2) is 29.7 Å². The third-order valence-corrected chi connectivity index (χ3v) is 4.13. The van der Waals surface area contributed by atoms with E-state index in [1.807, 2.05) is 13.8 Å². The van der Waals surface area contributed by atoms with Gasteiger partial charge in [-0.25, -0.2) is 0 Å². The van der Waals surface area contributed by atoms with Gasteiger partial charge in [-0.3, -0.25) is 9.59 Å². The van der Waals surface area contributed by atoms with E-state index in [1.54, 1.807) is 11.4 Å². The Morgan fingerprint density at radius 2 is 2.30 bits per heavy atom. The van der Waals surface area contributed by atoms with Gasteiger partial charge >= 0.3 is 0 Å². The van der Waals surface area contributed by atoms with Crippen molar-refractivity contribution in [3.05, 3.63) is 33.6 Å². The molecule has 0 aromatic carbocycles. The van der Waals surface area contributed by atoms with Crippen molar-refractivity contribution in [3.63, 3.8) is 0 Å². The third-order valence-electron chi connectivity index (χ3n) is 3.22. The minimum atomic E-state index is -0.253. The Kier molecular flexibility index (Phi) is 5.90. The van der Waals surface area contributed by atoms with Crippen LogP contribution in [0.1, 0.15) is 25.8 Å². The molecule has 0 aliphatic heterocycles. The van der Waals surface area contributed by atoms with Crippen LogP contribution in [0, 0.1) is 11.3 Å². The lowest BCUT2D eigenvalue weighted by molar-refractivity contribution is -0.121. The molecule has 0 spiro atoms. The molecule has 0 unspecified atom stereocenters. The summed E-state index contributed by atoms with van der Waals surface area (Å²) in [5.41, 5.74) is 0.159. The van der Waals surface area contributed by atoms with E-state index in [1.165, 1.54) is 22.1 Å². The Hall–Kier alpha value is -2.17. The molecule has 0 saturated heterocycles. The number of thiophene rings is 1. The van der Waals surface area contributed by atoms with Gasteiger partial charge in [-0.15, -0.1) is 11.3 Å². The number of nitriles is 1. The second kappa shape index (κ2) is 7.90. The maximum atomic E-state index is 12.3. The van der Waals surface area contributed by atoms with Crippen LogP contribution in [0.25, 0.3) is 10.1 Å². The maximum Gasteiger partial charge on any atom is 0.269 e. The summed E-state index contributed by atoms with van der Waals surface area (Å²) in [6.45, 7) is 4.90. The van der Waals surface area contributed by atoms with Crippen molar-refractivity contribution in [2.45, 2.75) is 32.9 Å². The molecule has 0 bridgehead atoms. The molecule has 7 heteroatoms. The van der Waals surface area contributed by atoms with Crippen LogP contribution >= 0.6 is 11.3 Å². The number of nitrogens with zero attached hydrogens (tertiary/aromatic N) is 2. The van der Waals surface area contributed by atoms with Crippen LogP contribution in [0.5, 0.6) is 0 Å². The second-order valence-electron chi connectivity index (χ2n) is 5.37. The summed E-state index contributed by atoms with van der Waals surface area (Å²) >= 11 is 1.28. The molecule has 0 aliphatic rings. The molecule has 0 saturated carbocycles. The van der Waals surface area contributed by atoms with Crippen molar-refractivity contribution < 1.29 is 9.53 Å². The molecule has 2 aromatic rings. The zero-order valence-electron chi connectivity index (χ0n) is 13.2. The quantitative estimate of drug-likeness (QED) is 0.784. The Labute approximate surface area is 138 Å². The molecule has 6 nitrogen and oxygen atoms in total. The van der Waals surface area contributed by atoms with Gasteiger partial charge in [-0.05, 0) is 31.7 Å². The number of hydrogen-bond donors (Lipinski definition) is 1. The van der Waals surface area contributed by atoms with E-state index >= 15 is 0 Å². The van der Waals surface area contributed by atoms with Crippen LogP contribution in [0.4, 0.5) is 0 Å². The number of aromatic nitrogens is 1. The van der Waals surface area contributed by atoms with Crippen molar-refractivity contribution in [3.8, 4) is 6.07 Å². The number of carbonyl (C=O) groups excluding carboxylic acids is 1. The Bertz CT molecular complexity index is 786. The molecular formula is C16H19N3O3S. The summed E-state index contributed by atoms with van der Waals surface area (Å²) in [5.74, 6) is -0.253. The molecule has 1 amide bonds. The highest BCUT2D eigenvalue weighted by Crippen LogP contribution is 2.20. The van der Waals surface area contributed by atoms with Crippen molar-refractivity contribution >= 4 is 27.3 Å². The SMILES string of the molecule is CC(C)OCCCNC(=O)Cn1cc(C#N)c2ccsc2c1=O. The first-order valence-electron chi connectivity index (χ1n) is 7.42.